The highest BCUT2D eigenvalue weighted by Crippen LogP contribution is 2.33. The Morgan fingerprint density at radius 1 is 0.892 bits per heavy atom. The quantitative estimate of drug-likeness (QED) is 0.253. The summed E-state index contributed by atoms with van der Waals surface area (Å²) in [4.78, 5) is 21.5. The third kappa shape index (κ3) is 7.54. The number of rotatable bonds is 11. The van der Waals surface area contributed by atoms with E-state index in [1.807, 2.05) is 79.7 Å². The number of aromatic nitrogens is 2. The number of hydrogen-bond donors (Lipinski definition) is 1. The van der Waals surface area contributed by atoms with Crippen molar-refractivity contribution in [3.63, 3.8) is 0 Å². The number of nitrogens with zero attached hydrogens (tertiary/aromatic N) is 2. The molecule has 0 radical (unpaired) electrons. The third-order valence-electron chi connectivity index (χ3n) is 5.28. The third-order valence-corrected chi connectivity index (χ3v) is 5.28. The number of amides is 1. The lowest BCUT2D eigenvalue weighted by molar-refractivity contribution is -0.115. The highest BCUT2D eigenvalue weighted by atomic mass is 16.5. The van der Waals surface area contributed by atoms with Gasteiger partial charge in [-0.15, -0.1) is 0 Å². The molecule has 0 aliphatic rings. The van der Waals surface area contributed by atoms with Crippen molar-refractivity contribution in [1.82, 2.24) is 9.97 Å². The molecule has 1 amide bonds. The Morgan fingerprint density at radius 2 is 1.68 bits per heavy atom. The minimum absolute atomic E-state index is 0.174. The van der Waals surface area contributed by atoms with Crippen LogP contribution in [-0.2, 0) is 11.2 Å². The lowest BCUT2D eigenvalue weighted by Gasteiger charge is -2.12. The minimum atomic E-state index is -0.174. The van der Waals surface area contributed by atoms with Crippen molar-refractivity contribution in [3.05, 3.63) is 90.8 Å². The van der Waals surface area contributed by atoms with Crippen LogP contribution in [0.4, 0.5) is 5.82 Å². The zero-order chi connectivity index (χ0) is 26.0. The van der Waals surface area contributed by atoms with Crippen LogP contribution in [0.25, 0.3) is 11.3 Å². The highest BCUT2D eigenvalue weighted by Gasteiger charge is 2.10. The van der Waals surface area contributed by atoms with E-state index in [1.165, 1.54) is 6.20 Å². The average molecular weight is 498 g/mol. The van der Waals surface area contributed by atoms with Gasteiger partial charge in [0.1, 0.15) is 11.5 Å². The number of carbonyl (C=O) groups is 1. The number of benzene rings is 3. The monoisotopic (exact) mass is 497 g/mol. The largest absolute Gasteiger partial charge is 0.493 e. The van der Waals surface area contributed by atoms with Crippen molar-refractivity contribution >= 4 is 11.7 Å². The van der Waals surface area contributed by atoms with Gasteiger partial charge in [-0.05, 0) is 54.8 Å². The Balaban J connectivity index is 1.41. The van der Waals surface area contributed by atoms with Crippen LogP contribution in [-0.4, -0.2) is 29.1 Å². The first-order valence-electron chi connectivity index (χ1n) is 12.3. The number of nitrogens with one attached hydrogen (secondary N) is 1. The van der Waals surface area contributed by atoms with E-state index in [4.69, 9.17) is 14.2 Å². The van der Waals surface area contributed by atoms with Gasteiger partial charge in [0.25, 0.3) is 0 Å². The zero-order valence-electron chi connectivity index (χ0n) is 21.3. The maximum Gasteiger partial charge on any atom is 0.229 e. The first-order valence-corrected chi connectivity index (χ1v) is 12.3. The molecule has 190 valence electrons. The van der Waals surface area contributed by atoms with Crippen LogP contribution in [0.15, 0.2) is 85.2 Å². The molecule has 1 N–H and O–H groups in total. The fourth-order valence-corrected chi connectivity index (χ4v) is 3.56. The molecule has 0 saturated heterocycles. The summed E-state index contributed by atoms with van der Waals surface area (Å²) < 4.78 is 17.4. The first-order chi connectivity index (χ1) is 18.0. The van der Waals surface area contributed by atoms with Crippen molar-refractivity contribution in [1.29, 1.82) is 0 Å². The predicted octanol–water partition coefficient (Wildman–Crippen LogP) is 6.55. The maximum atomic E-state index is 12.6. The normalized spacial score (nSPS) is 10.7. The van der Waals surface area contributed by atoms with Crippen LogP contribution in [0.2, 0.25) is 0 Å². The van der Waals surface area contributed by atoms with Gasteiger partial charge < -0.3 is 19.5 Å². The molecule has 0 aliphatic heterocycles. The lowest BCUT2D eigenvalue weighted by atomic mass is 10.1. The van der Waals surface area contributed by atoms with Gasteiger partial charge in [0.15, 0.2) is 17.3 Å². The second-order valence-electron chi connectivity index (χ2n) is 8.87. The lowest BCUT2D eigenvalue weighted by Crippen LogP contribution is -2.15. The van der Waals surface area contributed by atoms with Gasteiger partial charge in [-0.1, -0.05) is 50.2 Å². The van der Waals surface area contributed by atoms with Crippen molar-refractivity contribution < 1.29 is 19.0 Å². The van der Waals surface area contributed by atoms with Crippen LogP contribution in [0.5, 0.6) is 23.0 Å². The van der Waals surface area contributed by atoms with E-state index in [0.717, 1.165) is 16.9 Å². The molecule has 4 rings (SSSR count). The first kappa shape index (κ1) is 25.7. The van der Waals surface area contributed by atoms with Crippen LogP contribution in [0, 0.1) is 5.92 Å². The van der Waals surface area contributed by atoms with E-state index >= 15 is 0 Å². The van der Waals surface area contributed by atoms with Gasteiger partial charge in [0.05, 0.1) is 37.7 Å². The van der Waals surface area contributed by atoms with E-state index in [1.54, 1.807) is 6.20 Å². The number of anilines is 1. The van der Waals surface area contributed by atoms with Gasteiger partial charge in [-0.3, -0.25) is 9.78 Å². The van der Waals surface area contributed by atoms with Gasteiger partial charge in [-0.25, -0.2) is 4.98 Å². The summed E-state index contributed by atoms with van der Waals surface area (Å²) in [5.74, 6) is 3.41. The van der Waals surface area contributed by atoms with E-state index < -0.39 is 0 Å². The molecule has 1 aromatic heterocycles. The van der Waals surface area contributed by atoms with Crippen molar-refractivity contribution in [2.75, 3.05) is 18.5 Å². The molecule has 0 fully saturated rings. The fourth-order valence-electron chi connectivity index (χ4n) is 3.56. The zero-order valence-corrected chi connectivity index (χ0v) is 21.3. The van der Waals surface area contributed by atoms with Gasteiger partial charge in [0.2, 0.25) is 5.91 Å². The summed E-state index contributed by atoms with van der Waals surface area (Å²) in [5, 5.41) is 2.84. The molecule has 1 heterocycles. The summed E-state index contributed by atoms with van der Waals surface area (Å²) in [6.45, 7) is 7.34. The smallest absolute Gasteiger partial charge is 0.229 e. The summed E-state index contributed by atoms with van der Waals surface area (Å²) in [6.07, 6.45) is 3.40. The second-order valence-corrected chi connectivity index (χ2v) is 8.87. The van der Waals surface area contributed by atoms with Gasteiger partial charge >= 0.3 is 0 Å². The molecule has 0 atom stereocenters. The van der Waals surface area contributed by atoms with Crippen LogP contribution < -0.4 is 19.5 Å². The molecule has 0 saturated carbocycles. The molecule has 0 unspecified atom stereocenters. The standard InChI is InChI=1S/C30H31N3O4/c1-4-35-27-10-5-6-11-28(27)37-25-9-7-8-23(17-25)26-18-31-19-29(32-26)33-30(34)16-22-12-14-24(15-13-22)36-20-21(2)3/h5-15,17-19,21H,4,16,20H2,1-3H3,(H,32,33,34). The summed E-state index contributed by atoms with van der Waals surface area (Å²) in [5.41, 5.74) is 2.32. The van der Waals surface area contributed by atoms with E-state index in [0.29, 0.717) is 47.9 Å². The molecular weight excluding hydrogens is 466 g/mol. The van der Waals surface area contributed by atoms with Crippen molar-refractivity contribution in [3.8, 4) is 34.3 Å². The number of carbonyl (C=O) groups excluding carboxylic acids is 1. The Morgan fingerprint density at radius 3 is 2.43 bits per heavy atom. The molecule has 3 aromatic carbocycles. The fraction of sp³-hybridized carbons (Fsp3) is 0.233. The van der Waals surface area contributed by atoms with Crippen LogP contribution in [0.3, 0.4) is 0 Å². The average Bonchev–Trinajstić information content (AvgIpc) is 2.90. The maximum absolute atomic E-state index is 12.6. The molecule has 0 aliphatic carbocycles. The topological polar surface area (TPSA) is 82.6 Å². The van der Waals surface area contributed by atoms with E-state index in [2.05, 4.69) is 29.1 Å². The van der Waals surface area contributed by atoms with Crippen LogP contribution >= 0.6 is 0 Å². The Hall–Kier alpha value is -4.39. The molecule has 0 bridgehead atoms. The molecule has 7 nitrogen and oxygen atoms in total. The number of hydrogen-bond acceptors (Lipinski definition) is 6. The second kappa shape index (κ2) is 12.5. The SMILES string of the molecule is CCOc1ccccc1Oc1cccc(-c2cncc(NC(=O)Cc3ccc(OCC(C)C)cc3)n2)c1. The predicted molar refractivity (Wildman–Crippen MR) is 144 cm³/mol. The molecule has 0 spiro atoms. The number of ether oxygens (including phenoxy) is 3. The van der Waals surface area contributed by atoms with Crippen molar-refractivity contribution in [2.24, 2.45) is 5.92 Å². The van der Waals surface area contributed by atoms with Gasteiger partial charge in [-0.2, -0.15) is 0 Å². The Labute approximate surface area is 217 Å². The minimum Gasteiger partial charge on any atom is -0.493 e. The summed E-state index contributed by atoms with van der Waals surface area (Å²) >= 11 is 0. The van der Waals surface area contributed by atoms with Crippen molar-refractivity contribution in [2.45, 2.75) is 27.2 Å². The Kier molecular flexibility index (Phi) is 8.70. The summed E-state index contributed by atoms with van der Waals surface area (Å²) in [7, 11) is 0. The molecular formula is C30H31N3O4. The molecule has 7 heteroatoms. The van der Waals surface area contributed by atoms with E-state index in [9.17, 15) is 4.79 Å². The molecule has 37 heavy (non-hydrogen) atoms. The number of para-hydroxylation sites is 2. The van der Waals surface area contributed by atoms with Gasteiger partial charge in [0, 0.05) is 5.56 Å². The highest BCUT2D eigenvalue weighted by molar-refractivity contribution is 5.91. The summed E-state index contributed by atoms with van der Waals surface area (Å²) in [6, 6.07) is 22.6. The molecule has 4 aromatic rings. The Bertz CT molecular complexity index is 1320. The van der Waals surface area contributed by atoms with Crippen LogP contribution in [0.1, 0.15) is 26.3 Å². The van der Waals surface area contributed by atoms with E-state index in [-0.39, 0.29) is 12.3 Å².